The Morgan fingerprint density at radius 3 is 2.76 bits per heavy atom. The van der Waals surface area contributed by atoms with Crippen molar-refractivity contribution in [3.63, 3.8) is 0 Å². The molecule has 1 aliphatic rings. The standard InChI is InChI=1S/C14H16N2O/c1-2-13(10-15-7-1)11-3-5-12(6-4-11)14-16-8-9-17-14/h3-6,8-9,13,15H,1-2,7,10H2. The Labute approximate surface area is 101 Å². The molecular formula is C14H16N2O. The van der Waals surface area contributed by atoms with Crippen LogP contribution in [-0.2, 0) is 0 Å². The van der Waals surface area contributed by atoms with E-state index < -0.39 is 0 Å². The van der Waals surface area contributed by atoms with E-state index in [2.05, 4.69) is 34.6 Å². The summed E-state index contributed by atoms with van der Waals surface area (Å²) in [5.74, 6) is 1.35. The maximum Gasteiger partial charge on any atom is 0.225 e. The lowest BCUT2D eigenvalue weighted by atomic mass is 9.91. The zero-order valence-corrected chi connectivity index (χ0v) is 9.73. The third-order valence-electron chi connectivity index (χ3n) is 3.36. The van der Waals surface area contributed by atoms with Crippen molar-refractivity contribution in [3.05, 3.63) is 42.3 Å². The van der Waals surface area contributed by atoms with E-state index in [0.717, 1.165) is 18.7 Å². The highest BCUT2D eigenvalue weighted by molar-refractivity contribution is 5.53. The highest BCUT2D eigenvalue weighted by Gasteiger charge is 2.15. The van der Waals surface area contributed by atoms with Gasteiger partial charge in [0.1, 0.15) is 6.26 Å². The molecule has 1 N–H and O–H groups in total. The van der Waals surface area contributed by atoms with Crippen molar-refractivity contribution in [1.82, 2.24) is 10.3 Å². The maximum atomic E-state index is 5.28. The van der Waals surface area contributed by atoms with Gasteiger partial charge in [0.25, 0.3) is 0 Å². The second-order valence-electron chi connectivity index (χ2n) is 4.50. The van der Waals surface area contributed by atoms with E-state index in [9.17, 15) is 0 Å². The number of nitrogens with one attached hydrogen (secondary N) is 1. The third-order valence-corrected chi connectivity index (χ3v) is 3.36. The fraction of sp³-hybridized carbons (Fsp3) is 0.357. The summed E-state index contributed by atoms with van der Waals surface area (Å²) >= 11 is 0. The minimum absolute atomic E-state index is 0.655. The lowest BCUT2D eigenvalue weighted by molar-refractivity contribution is 0.461. The van der Waals surface area contributed by atoms with E-state index in [1.165, 1.54) is 18.4 Å². The van der Waals surface area contributed by atoms with Crippen LogP contribution in [0.15, 0.2) is 41.1 Å². The minimum atomic E-state index is 0.655. The van der Waals surface area contributed by atoms with Gasteiger partial charge in [0.2, 0.25) is 5.89 Å². The van der Waals surface area contributed by atoms with Crippen molar-refractivity contribution in [3.8, 4) is 11.5 Å². The fourth-order valence-corrected chi connectivity index (χ4v) is 2.40. The molecule has 1 aliphatic heterocycles. The van der Waals surface area contributed by atoms with Gasteiger partial charge in [-0.15, -0.1) is 0 Å². The van der Waals surface area contributed by atoms with E-state index in [1.54, 1.807) is 12.5 Å². The Morgan fingerprint density at radius 2 is 2.12 bits per heavy atom. The summed E-state index contributed by atoms with van der Waals surface area (Å²) in [5.41, 5.74) is 2.45. The van der Waals surface area contributed by atoms with Crippen LogP contribution in [-0.4, -0.2) is 18.1 Å². The Kier molecular flexibility index (Phi) is 2.92. The molecule has 3 heteroatoms. The van der Waals surface area contributed by atoms with E-state index >= 15 is 0 Å². The predicted molar refractivity (Wildman–Crippen MR) is 66.8 cm³/mol. The molecule has 3 rings (SSSR count). The van der Waals surface area contributed by atoms with Crippen molar-refractivity contribution in [1.29, 1.82) is 0 Å². The predicted octanol–water partition coefficient (Wildman–Crippen LogP) is 2.81. The number of aromatic nitrogens is 1. The van der Waals surface area contributed by atoms with E-state index in [-0.39, 0.29) is 0 Å². The van der Waals surface area contributed by atoms with Crippen molar-refractivity contribution >= 4 is 0 Å². The van der Waals surface area contributed by atoms with Crippen LogP contribution in [0.1, 0.15) is 24.3 Å². The summed E-state index contributed by atoms with van der Waals surface area (Å²) < 4.78 is 5.28. The highest BCUT2D eigenvalue weighted by atomic mass is 16.3. The van der Waals surface area contributed by atoms with Gasteiger partial charge < -0.3 is 9.73 Å². The first-order valence-electron chi connectivity index (χ1n) is 6.14. The zero-order valence-electron chi connectivity index (χ0n) is 9.73. The second-order valence-corrected chi connectivity index (χ2v) is 4.50. The van der Waals surface area contributed by atoms with Gasteiger partial charge in [0, 0.05) is 12.1 Å². The van der Waals surface area contributed by atoms with Gasteiger partial charge in [-0.05, 0) is 43.0 Å². The molecule has 0 saturated carbocycles. The number of benzene rings is 1. The monoisotopic (exact) mass is 228 g/mol. The molecule has 0 bridgehead atoms. The number of piperidine rings is 1. The number of rotatable bonds is 2. The minimum Gasteiger partial charge on any atom is -0.445 e. The molecule has 1 aromatic carbocycles. The van der Waals surface area contributed by atoms with Crippen LogP contribution >= 0.6 is 0 Å². The van der Waals surface area contributed by atoms with E-state index in [4.69, 9.17) is 4.42 Å². The van der Waals surface area contributed by atoms with Gasteiger partial charge in [-0.2, -0.15) is 0 Å². The quantitative estimate of drug-likeness (QED) is 0.859. The Bertz CT molecular complexity index is 455. The van der Waals surface area contributed by atoms with Crippen LogP contribution in [0.4, 0.5) is 0 Å². The Balaban J connectivity index is 1.80. The topological polar surface area (TPSA) is 38.1 Å². The molecule has 1 aromatic heterocycles. The van der Waals surface area contributed by atoms with Crippen molar-refractivity contribution in [2.24, 2.45) is 0 Å². The molecule has 0 amide bonds. The van der Waals surface area contributed by atoms with Crippen LogP contribution < -0.4 is 5.32 Å². The second kappa shape index (κ2) is 4.72. The number of hydrogen-bond donors (Lipinski definition) is 1. The van der Waals surface area contributed by atoms with Crippen LogP contribution in [0.25, 0.3) is 11.5 Å². The first kappa shape index (κ1) is 10.5. The van der Waals surface area contributed by atoms with E-state index in [1.807, 2.05) is 0 Å². The SMILES string of the molecule is c1coc(-c2ccc(C3CCCNC3)cc2)n1. The molecule has 1 saturated heterocycles. The summed E-state index contributed by atoms with van der Waals surface area (Å²) in [7, 11) is 0. The Hall–Kier alpha value is -1.61. The number of hydrogen-bond acceptors (Lipinski definition) is 3. The average Bonchev–Trinajstić information content (AvgIpc) is 2.94. The third kappa shape index (κ3) is 2.24. The van der Waals surface area contributed by atoms with Crippen LogP contribution in [0.2, 0.25) is 0 Å². The fourth-order valence-electron chi connectivity index (χ4n) is 2.40. The molecule has 1 unspecified atom stereocenters. The van der Waals surface area contributed by atoms with Gasteiger partial charge >= 0.3 is 0 Å². The van der Waals surface area contributed by atoms with Crippen LogP contribution in [0.5, 0.6) is 0 Å². The molecule has 1 atom stereocenters. The summed E-state index contributed by atoms with van der Waals surface area (Å²) in [6, 6.07) is 8.57. The van der Waals surface area contributed by atoms with E-state index in [0.29, 0.717) is 11.8 Å². The van der Waals surface area contributed by atoms with Gasteiger partial charge in [-0.25, -0.2) is 4.98 Å². The average molecular weight is 228 g/mol. The summed E-state index contributed by atoms with van der Waals surface area (Å²) in [4.78, 5) is 4.15. The van der Waals surface area contributed by atoms with Crippen molar-refractivity contribution < 1.29 is 4.42 Å². The molecular weight excluding hydrogens is 212 g/mol. The normalized spacial score (nSPS) is 20.4. The molecule has 0 aliphatic carbocycles. The molecule has 2 heterocycles. The van der Waals surface area contributed by atoms with Crippen LogP contribution in [0.3, 0.4) is 0 Å². The summed E-state index contributed by atoms with van der Waals surface area (Å²) in [6.07, 6.45) is 5.83. The van der Waals surface area contributed by atoms with Gasteiger partial charge in [-0.3, -0.25) is 0 Å². The van der Waals surface area contributed by atoms with Gasteiger partial charge in [-0.1, -0.05) is 12.1 Å². The first-order chi connectivity index (χ1) is 8.43. The van der Waals surface area contributed by atoms with Crippen LogP contribution in [0, 0.1) is 0 Å². The van der Waals surface area contributed by atoms with Gasteiger partial charge in [0.15, 0.2) is 0 Å². The molecule has 0 spiro atoms. The Morgan fingerprint density at radius 1 is 1.24 bits per heavy atom. The molecule has 17 heavy (non-hydrogen) atoms. The molecule has 2 aromatic rings. The first-order valence-corrected chi connectivity index (χ1v) is 6.14. The maximum absolute atomic E-state index is 5.28. The van der Waals surface area contributed by atoms with Crippen molar-refractivity contribution in [2.75, 3.05) is 13.1 Å². The lowest BCUT2D eigenvalue weighted by Crippen LogP contribution is -2.28. The number of oxazole rings is 1. The van der Waals surface area contributed by atoms with Gasteiger partial charge in [0.05, 0.1) is 6.20 Å². The zero-order chi connectivity index (χ0) is 11.5. The largest absolute Gasteiger partial charge is 0.445 e. The lowest BCUT2D eigenvalue weighted by Gasteiger charge is -2.23. The number of nitrogens with zero attached hydrogens (tertiary/aromatic N) is 1. The molecule has 88 valence electrons. The summed E-state index contributed by atoms with van der Waals surface area (Å²) in [5, 5.41) is 3.44. The molecule has 0 radical (unpaired) electrons. The smallest absolute Gasteiger partial charge is 0.225 e. The molecule has 3 nitrogen and oxygen atoms in total. The highest BCUT2D eigenvalue weighted by Crippen LogP contribution is 2.25. The molecule has 1 fully saturated rings. The summed E-state index contributed by atoms with van der Waals surface area (Å²) in [6.45, 7) is 2.25. The van der Waals surface area contributed by atoms with Crippen molar-refractivity contribution in [2.45, 2.75) is 18.8 Å².